The van der Waals surface area contributed by atoms with Gasteiger partial charge in [0.2, 0.25) is 5.91 Å². The fourth-order valence-electron chi connectivity index (χ4n) is 3.69. The molecule has 0 bridgehead atoms. The van der Waals surface area contributed by atoms with Crippen LogP contribution in [-0.2, 0) is 4.79 Å². The van der Waals surface area contributed by atoms with Crippen LogP contribution in [0, 0.1) is 18.3 Å². The summed E-state index contributed by atoms with van der Waals surface area (Å²) in [6.07, 6.45) is 10.3. The number of hydrogen-bond acceptors (Lipinski definition) is 3. The number of benzene rings is 1. The van der Waals surface area contributed by atoms with Crippen LogP contribution < -0.4 is 10.1 Å². The minimum Gasteiger partial charge on any atom is -0.488 e. The molecule has 1 aromatic rings. The molecule has 2 fully saturated rings. The quantitative estimate of drug-likeness (QED) is 0.845. The second kappa shape index (κ2) is 8.21. The average Bonchev–Trinajstić information content (AvgIpc) is 3.03. The van der Waals surface area contributed by atoms with Crippen molar-refractivity contribution in [2.45, 2.75) is 44.2 Å². The van der Waals surface area contributed by atoms with E-state index in [9.17, 15) is 4.79 Å². The molecule has 1 heterocycles. The van der Waals surface area contributed by atoms with E-state index in [2.05, 4.69) is 16.1 Å². The molecule has 2 aliphatic rings. The summed E-state index contributed by atoms with van der Waals surface area (Å²) in [5.41, 5.74) is 0. The minimum atomic E-state index is 0.0814. The third-order valence-corrected chi connectivity index (χ3v) is 5.08. The number of terminal acetylenes is 1. The maximum Gasteiger partial charge on any atom is 0.223 e. The topological polar surface area (TPSA) is 41.6 Å². The van der Waals surface area contributed by atoms with E-state index >= 15 is 0 Å². The lowest BCUT2D eigenvalue weighted by atomic mass is 9.95. The van der Waals surface area contributed by atoms with Crippen LogP contribution in [0.3, 0.4) is 0 Å². The van der Waals surface area contributed by atoms with E-state index in [0.29, 0.717) is 6.54 Å². The van der Waals surface area contributed by atoms with Crippen molar-refractivity contribution in [1.82, 2.24) is 10.2 Å². The van der Waals surface area contributed by atoms with Gasteiger partial charge in [-0.05, 0) is 57.3 Å². The standard InChI is InChI=1S/C20H26N2O2/c1-2-13-22-14-11-16(12-15-22)20(23)21-18-9-6-10-19(18)24-17-7-4-3-5-8-17/h1,3-5,7-8,16,18-19H,6,9-15H2,(H,21,23)/t18-,19-/m1/s1. The first-order valence-electron chi connectivity index (χ1n) is 8.94. The van der Waals surface area contributed by atoms with Crippen LogP contribution >= 0.6 is 0 Å². The van der Waals surface area contributed by atoms with Crippen LogP contribution in [0.4, 0.5) is 0 Å². The van der Waals surface area contributed by atoms with Gasteiger partial charge in [-0.2, -0.15) is 0 Å². The molecule has 128 valence electrons. The molecule has 0 radical (unpaired) electrons. The molecule has 3 rings (SSSR count). The van der Waals surface area contributed by atoms with Crippen molar-refractivity contribution < 1.29 is 9.53 Å². The first-order valence-corrected chi connectivity index (χ1v) is 8.94. The third-order valence-electron chi connectivity index (χ3n) is 5.08. The number of piperidine rings is 1. The lowest BCUT2D eigenvalue weighted by Gasteiger charge is -2.31. The monoisotopic (exact) mass is 326 g/mol. The summed E-state index contributed by atoms with van der Waals surface area (Å²) in [5, 5.41) is 3.24. The Bertz CT molecular complexity index is 573. The number of para-hydroxylation sites is 1. The molecule has 1 saturated heterocycles. The van der Waals surface area contributed by atoms with Crippen molar-refractivity contribution in [2.24, 2.45) is 5.92 Å². The van der Waals surface area contributed by atoms with Crippen molar-refractivity contribution in [3.8, 4) is 18.1 Å². The Morgan fingerprint density at radius 3 is 2.67 bits per heavy atom. The molecule has 2 atom stereocenters. The third kappa shape index (κ3) is 4.30. The average molecular weight is 326 g/mol. The smallest absolute Gasteiger partial charge is 0.223 e. The van der Waals surface area contributed by atoms with Crippen LogP contribution in [0.1, 0.15) is 32.1 Å². The van der Waals surface area contributed by atoms with Gasteiger partial charge in [0, 0.05) is 5.92 Å². The Kier molecular flexibility index (Phi) is 5.77. The van der Waals surface area contributed by atoms with E-state index in [4.69, 9.17) is 11.2 Å². The molecular weight excluding hydrogens is 300 g/mol. The molecule has 0 spiro atoms. The number of nitrogens with one attached hydrogen (secondary N) is 1. The van der Waals surface area contributed by atoms with E-state index in [-0.39, 0.29) is 24.0 Å². The highest BCUT2D eigenvalue weighted by molar-refractivity contribution is 5.79. The van der Waals surface area contributed by atoms with Crippen molar-refractivity contribution in [2.75, 3.05) is 19.6 Å². The lowest BCUT2D eigenvalue weighted by Crippen LogP contribution is -2.47. The maximum atomic E-state index is 12.6. The zero-order valence-corrected chi connectivity index (χ0v) is 14.1. The normalized spacial score (nSPS) is 25.1. The highest BCUT2D eigenvalue weighted by Gasteiger charge is 2.33. The molecule has 1 amide bonds. The van der Waals surface area contributed by atoms with Crippen molar-refractivity contribution in [3.63, 3.8) is 0 Å². The fourth-order valence-corrected chi connectivity index (χ4v) is 3.69. The van der Waals surface area contributed by atoms with Crippen molar-refractivity contribution in [1.29, 1.82) is 0 Å². The highest BCUT2D eigenvalue weighted by Crippen LogP contribution is 2.26. The Hall–Kier alpha value is -1.99. The van der Waals surface area contributed by atoms with Gasteiger partial charge in [-0.25, -0.2) is 0 Å². The number of ether oxygens (including phenoxy) is 1. The van der Waals surface area contributed by atoms with Gasteiger partial charge in [0.25, 0.3) is 0 Å². The molecule has 1 N–H and O–H groups in total. The van der Waals surface area contributed by atoms with Gasteiger partial charge in [-0.15, -0.1) is 6.42 Å². The Labute approximate surface area is 144 Å². The summed E-state index contributed by atoms with van der Waals surface area (Å²) in [5.74, 6) is 3.85. The van der Waals surface area contributed by atoms with E-state index < -0.39 is 0 Å². The van der Waals surface area contributed by atoms with E-state index in [1.807, 2.05) is 30.3 Å². The number of carbonyl (C=O) groups excluding carboxylic acids is 1. The molecule has 1 aliphatic carbocycles. The molecule has 4 nitrogen and oxygen atoms in total. The summed E-state index contributed by atoms with van der Waals surface area (Å²) >= 11 is 0. The van der Waals surface area contributed by atoms with Crippen molar-refractivity contribution in [3.05, 3.63) is 30.3 Å². The number of carbonyl (C=O) groups is 1. The lowest BCUT2D eigenvalue weighted by molar-refractivity contribution is -0.127. The van der Waals surface area contributed by atoms with Gasteiger partial charge in [-0.1, -0.05) is 24.1 Å². The summed E-state index contributed by atoms with van der Waals surface area (Å²) in [6, 6.07) is 10.00. The fraction of sp³-hybridized carbons (Fsp3) is 0.550. The molecule has 1 aromatic carbocycles. The predicted octanol–water partition coefficient (Wildman–Crippen LogP) is 2.45. The van der Waals surface area contributed by atoms with Gasteiger partial charge in [-0.3, -0.25) is 9.69 Å². The molecule has 24 heavy (non-hydrogen) atoms. The predicted molar refractivity (Wildman–Crippen MR) is 94.6 cm³/mol. The second-order valence-electron chi connectivity index (χ2n) is 6.77. The van der Waals surface area contributed by atoms with Gasteiger partial charge in [0.05, 0.1) is 12.6 Å². The number of amides is 1. The summed E-state index contributed by atoms with van der Waals surface area (Å²) < 4.78 is 6.08. The first kappa shape index (κ1) is 16.9. The molecular formula is C20H26N2O2. The Morgan fingerprint density at radius 1 is 1.21 bits per heavy atom. The summed E-state index contributed by atoms with van der Waals surface area (Å²) in [6.45, 7) is 2.51. The van der Waals surface area contributed by atoms with Crippen LogP contribution in [0.25, 0.3) is 0 Å². The molecule has 1 saturated carbocycles. The number of nitrogens with zero attached hydrogens (tertiary/aromatic N) is 1. The van der Waals surface area contributed by atoms with E-state index in [1.54, 1.807) is 0 Å². The maximum absolute atomic E-state index is 12.6. The van der Waals surface area contributed by atoms with Crippen LogP contribution in [-0.4, -0.2) is 42.6 Å². The number of likely N-dealkylation sites (tertiary alicyclic amines) is 1. The SMILES string of the molecule is C#CCN1CCC(C(=O)N[C@@H]2CCC[C@H]2Oc2ccccc2)CC1. The van der Waals surface area contributed by atoms with Gasteiger partial charge in [0.15, 0.2) is 0 Å². The molecule has 0 unspecified atom stereocenters. The zero-order valence-electron chi connectivity index (χ0n) is 14.1. The number of rotatable bonds is 5. The zero-order chi connectivity index (χ0) is 16.8. The minimum absolute atomic E-state index is 0.0814. The van der Waals surface area contributed by atoms with E-state index in [0.717, 1.165) is 50.9 Å². The Morgan fingerprint density at radius 2 is 1.96 bits per heavy atom. The Balaban J connectivity index is 1.49. The van der Waals surface area contributed by atoms with Crippen LogP contribution in [0.2, 0.25) is 0 Å². The summed E-state index contributed by atoms with van der Waals surface area (Å²) in [7, 11) is 0. The molecule has 1 aliphatic heterocycles. The van der Waals surface area contributed by atoms with Crippen LogP contribution in [0.15, 0.2) is 30.3 Å². The van der Waals surface area contributed by atoms with Crippen molar-refractivity contribution >= 4 is 5.91 Å². The van der Waals surface area contributed by atoms with Crippen LogP contribution in [0.5, 0.6) is 5.75 Å². The molecule has 0 aromatic heterocycles. The van der Waals surface area contributed by atoms with Gasteiger partial charge < -0.3 is 10.1 Å². The largest absolute Gasteiger partial charge is 0.488 e. The highest BCUT2D eigenvalue weighted by atomic mass is 16.5. The second-order valence-corrected chi connectivity index (χ2v) is 6.77. The van der Waals surface area contributed by atoms with Gasteiger partial charge >= 0.3 is 0 Å². The number of hydrogen-bond donors (Lipinski definition) is 1. The van der Waals surface area contributed by atoms with E-state index in [1.165, 1.54) is 0 Å². The van der Waals surface area contributed by atoms with Gasteiger partial charge in [0.1, 0.15) is 11.9 Å². The molecule has 4 heteroatoms. The first-order chi connectivity index (χ1) is 11.8. The summed E-state index contributed by atoms with van der Waals surface area (Å²) in [4.78, 5) is 14.8.